The van der Waals surface area contributed by atoms with Crippen molar-refractivity contribution in [3.05, 3.63) is 47.0 Å². The fourth-order valence-electron chi connectivity index (χ4n) is 4.02. The summed E-state index contributed by atoms with van der Waals surface area (Å²) in [5.41, 5.74) is 2.77. The molecule has 3 heterocycles. The van der Waals surface area contributed by atoms with Crippen molar-refractivity contribution in [2.45, 2.75) is 13.3 Å². The molecule has 172 valence electrons. The number of hydrogen-bond acceptors (Lipinski definition) is 8. The molecule has 1 fully saturated rings. The van der Waals surface area contributed by atoms with Crippen molar-refractivity contribution in [2.75, 3.05) is 51.4 Å². The molecule has 0 saturated carbocycles. The van der Waals surface area contributed by atoms with Gasteiger partial charge in [-0.25, -0.2) is 9.97 Å². The smallest absolute Gasteiger partial charge is 0.289 e. The normalized spacial score (nSPS) is 14.7. The van der Waals surface area contributed by atoms with Gasteiger partial charge in [-0.05, 0) is 37.1 Å². The zero-order valence-electron chi connectivity index (χ0n) is 18.7. The molecule has 1 saturated heterocycles. The number of rotatable bonds is 7. The number of hydrogen-bond donors (Lipinski definition) is 0. The van der Waals surface area contributed by atoms with Crippen LogP contribution in [-0.4, -0.2) is 67.3 Å². The van der Waals surface area contributed by atoms with Crippen molar-refractivity contribution < 1.29 is 14.3 Å². The van der Waals surface area contributed by atoms with E-state index in [0.717, 1.165) is 71.0 Å². The quantitative estimate of drug-likeness (QED) is 0.384. The summed E-state index contributed by atoms with van der Waals surface area (Å²) >= 11 is 2.97. The number of carbonyl (C=O) groups is 1. The van der Waals surface area contributed by atoms with Gasteiger partial charge in [-0.3, -0.25) is 14.6 Å². The molecule has 0 unspecified atom stereocenters. The van der Waals surface area contributed by atoms with E-state index in [0.29, 0.717) is 16.7 Å². The number of thiazole rings is 2. The summed E-state index contributed by atoms with van der Waals surface area (Å²) in [6, 6.07) is 11.8. The van der Waals surface area contributed by atoms with Gasteiger partial charge in [0.25, 0.3) is 5.91 Å². The number of fused-ring (bicyclic) bond motifs is 2. The monoisotopic (exact) mass is 482 g/mol. The molecule has 1 aliphatic rings. The summed E-state index contributed by atoms with van der Waals surface area (Å²) in [5, 5.41) is 1.18. The largest absolute Gasteiger partial charge is 0.494 e. The molecule has 4 aromatic rings. The second-order valence-corrected chi connectivity index (χ2v) is 10.0. The van der Waals surface area contributed by atoms with Gasteiger partial charge in [-0.1, -0.05) is 29.5 Å². The maximum Gasteiger partial charge on any atom is 0.289 e. The number of aromatic nitrogens is 2. The van der Waals surface area contributed by atoms with Crippen LogP contribution < -0.4 is 9.64 Å². The van der Waals surface area contributed by atoms with E-state index >= 15 is 0 Å². The summed E-state index contributed by atoms with van der Waals surface area (Å²) in [5.74, 6) is 0.618. The van der Waals surface area contributed by atoms with Gasteiger partial charge in [-0.2, -0.15) is 0 Å². The number of ether oxygens (including phenoxy) is 2. The van der Waals surface area contributed by atoms with Gasteiger partial charge in [-0.15, -0.1) is 11.3 Å². The first kappa shape index (κ1) is 22.2. The molecule has 0 bridgehead atoms. The van der Waals surface area contributed by atoms with Gasteiger partial charge in [0.15, 0.2) is 10.1 Å². The third-order valence-corrected chi connectivity index (χ3v) is 8.06. The van der Waals surface area contributed by atoms with Crippen molar-refractivity contribution >= 4 is 54.1 Å². The Morgan fingerprint density at radius 1 is 1.15 bits per heavy atom. The molecule has 7 nitrogen and oxygen atoms in total. The van der Waals surface area contributed by atoms with Crippen molar-refractivity contribution in [2.24, 2.45) is 0 Å². The van der Waals surface area contributed by atoms with Crippen LogP contribution in [0.3, 0.4) is 0 Å². The minimum atomic E-state index is -0.103. The number of nitrogens with zero attached hydrogens (tertiary/aromatic N) is 4. The van der Waals surface area contributed by atoms with Gasteiger partial charge in [0, 0.05) is 26.2 Å². The van der Waals surface area contributed by atoms with Crippen LogP contribution in [0.4, 0.5) is 5.13 Å². The van der Waals surface area contributed by atoms with Crippen LogP contribution in [0.1, 0.15) is 21.8 Å². The van der Waals surface area contributed by atoms with Crippen LogP contribution >= 0.6 is 22.7 Å². The van der Waals surface area contributed by atoms with E-state index < -0.39 is 0 Å². The van der Waals surface area contributed by atoms with Crippen molar-refractivity contribution in [3.63, 3.8) is 0 Å². The average Bonchev–Trinajstić information content (AvgIpc) is 3.48. The van der Waals surface area contributed by atoms with E-state index in [1.54, 1.807) is 12.0 Å². The molecule has 2 aromatic heterocycles. The lowest BCUT2D eigenvalue weighted by molar-refractivity contribution is 0.0376. The first-order valence-electron chi connectivity index (χ1n) is 11.1. The SMILES string of the molecule is COc1ccc(C)c2sc(N(CCCN3CCOCC3)C(=O)c3nc4ccccc4s3)nc12. The summed E-state index contributed by atoms with van der Waals surface area (Å²) in [4.78, 5) is 27.3. The second-order valence-electron chi connectivity index (χ2n) is 8.01. The van der Waals surface area contributed by atoms with Crippen LogP contribution in [-0.2, 0) is 4.74 Å². The predicted octanol–water partition coefficient (Wildman–Crippen LogP) is 4.59. The number of methoxy groups -OCH3 is 1. The molecular formula is C24H26N4O3S2. The van der Waals surface area contributed by atoms with Gasteiger partial charge in [0.05, 0.1) is 35.2 Å². The van der Waals surface area contributed by atoms with Crippen LogP contribution in [0.2, 0.25) is 0 Å². The summed E-state index contributed by atoms with van der Waals surface area (Å²) in [6.45, 7) is 6.96. The molecule has 0 spiro atoms. The van der Waals surface area contributed by atoms with Gasteiger partial charge < -0.3 is 9.47 Å². The minimum absolute atomic E-state index is 0.103. The van der Waals surface area contributed by atoms with Crippen molar-refractivity contribution in [1.82, 2.24) is 14.9 Å². The average molecular weight is 483 g/mol. The molecule has 0 atom stereocenters. The molecule has 5 rings (SSSR count). The zero-order valence-corrected chi connectivity index (χ0v) is 20.4. The predicted molar refractivity (Wildman–Crippen MR) is 134 cm³/mol. The highest BCUT2D eigenvalue weighted by Gasteiger charge is 2.25. The van der Waals surface area contributed by atoms with Crippen LogP contribution in [0.25, 0.3) is 20.4 Å². The molecule has 0 N–H and O–H groups in total. The Morgan fingerprint density at radius 2 is 1.97 bits per heavy atom. The summed E-state index contributed by atoms with van der Waals surface area (Å²) in [7, 11) is 1.65. The Morgan fingerprint density at radius 3 is 2.76 bits per heavy atom. The number of aryl methyl sites for hydroxylation is 1. The minimum Gasteiger partial charge on any atom is -0.494 e. The molecular weight excluding hydrogens is 456 g/mol. The molecule has 1 amide bonds. The van der Waals surface area contributed by atoms with Crippen LogP contribution in [0.5, 0.6) is 5.75 Å². The molecule has 9 heteroatoms. The van der Waals surface area contributed by atoms with Crippen LogP contribution in [0.15, 0.2) is 36.4 Å². The number of carbonyl (C=O) groups excluding carboxylic acids is 1. The summed E-state index contributed by atoms with van der Waals surface area (Å²) < 4.78 is 13.0. The Balaban J connectivity index is 1.47. The number of amides is 1. The lowest BCUT2D eigenvalue weighted by atomic mass is 10.2. The van der Waals surface area contributed by atoms with Crippen LogP contribution in [0, 0.1) is 6.92 Å². The lowest BCUT2D eigenvalue weighted by Crippen LogP contribution is -2.39. The molecule has 0 aliphatic carbocycles. The molecule has 0 radical (unpaired) electrons. The Labute approximate surface area is 200 Å². The van der Waals surface area contributed by atoms with Gasteiger partial charge >= 0.3 is 0 Å². The molecule has 1 aliphatic heterocycles. The standard InChI is InChI=1S/C24H26N4O3S2/c1-16-8-9-18(30-2)20-21(16)33-24(26-20)28(11-5-10-27-12-14-31-15-13-27)23(29)22-25-17-6-3-4-7-19(17)32-22/h3-4,6-9H,5,10-15H2,1-2H3. The molecule has 33 heavy (non-hydrogen) atoms. The highest BCUT2D eigenvalue weighted by Crippen LogP contribution is 2.37. The van der Waals surface area contributed by atoms with E-state index in [1.165, 1.54) is 22.7 Å². The van der Waals surface area contributed by atoms with E-state index in [4.69, 9.17) is 14.5 Å². The fraction of sp³-hybridized carbons (Fsp3) is 0.375. The zero-order chi connectivity index (χ0) is 22.8. The fourth-order valence-corrected chi connectivity index (χ4v) is 6.01. The molecule has 2 aromatic carbocycles. The third-order valence-electron chi connectivity index (χ3n) is 5.82. The van der Waals surface area contributed by atoms with E-state index in [2.05, 4.69) is 16.8 Å². The topological polar surface area (TPSA) is 67.8 Å². The maximum atomic E-state index is 13.7. The number of morpholine rings is 1. The van der Waals surface area contributed by atoms with E-state index in [1.807, 2.05) is 36.4 Å². The Kier molecular flexibility index (Phi) is 6.55. The Hall–Kier alpha value is -2.59. The number of anilines is 1. The first-order chi connectivity index (χ1) is 16.1. The first-order valence-corrected chi connectivity index (χ1v) is 12.7. The second kappa shape index (κ2) is 9.72. The third kappa shape index (κ3) is 4.59. The van der Waals surface area contributed by atoms with Gasteiger partial charge in [0.2, 0.25) is 0 Å². The van der Waals surface area contributed by atoms with E-state index in [-0.39, 0.29) is 5.91 Å². The van der Waals surface area contributed by atoms with E-state index in [9.17, 15) is 4.79 Å². The maximum absolute atomic E-state index is 13.7. The lowest BCUT2D eigenvalue weighted by Gasteiger charge is -2.27. The Bertz CT molecular complexity index is 1250. The number of benzene rings is 2. The summed E-state index contributed by atoms with van der Waals surface area (Å²) in [6.07, 6.45) is 0.850. The van der Waals surface area contributed by atoms with Crippen molar-refractivity contribution in [3.8, 4) is 5.75 Å². The highest BCUT2D eigenvalue weighted by atomic mass is 32.1. The number of para-hydroxylation sites is 1. The van der Waals surface area contributed by atoms with Gasteiger partial charge in [0.1, 0.15) is 11.3 Å². The van der Waals surface area contributed by atoms with Crippen molar-refractivity contribution in [1.29, 1.82) is 0 Å². The highest BCUT2D eigenvalue weighted by molar-refractivity contribution is 7.23.